The second-order valence-corrected chi connectivity index (χ2v) is 5.50. The van der Waals surface area contributed by atoms with Crippen LogP contribution in [0.25, 0.3) is 0 Å². The second-order valence-electron chi connectivity index (χ2n) is 5.06. The van der Waals surface area contributed by atoms with Crippen LogP contribution in [-0.4, -0.2) is 25.0 Å². The van der Waals surface area contributed by atoms with Gasteiger partial charge >= 0.3 is 0 Å². The Labute approximate surface area is 144 Å². The minimum Gasteiger partial charge on any atom is -0.481 e. The van der Waals surface area contributed by atoms with Crippen LogP contribution in [0.5, 0.6) is 17.2 Å². The highest BCUT2D eigenvalue weighted by Gasteiger charge is 2.14. The summed E-state index contributed by atoms with van der Waals surface area (Å²) in [4.78, 5) is 12.0. The van der Waals surface area contributed by atoms with Gasteiger partial charge in [-0.2, -0.15) is 5.10 Å². The van der Waals surface area contributed by atoms with Gasteiger partial charge in [0.1, 0.15) is 5.75 Å². The summed E-state index contributed by atoms with van der Waals surface area (Å²) in [6.45, 7) is 1.85. The summed E-state index contributed by atoms with van der Waals surface area (Å²) in [6.07, 6.45) is 0.828. The van der Waals surface area contributed by atoms with Crippen LogP contribution in [0.2, 0.25) is 5.02 Å². The van der Waals surface area contributed by atoms with E-state index in [0.29, 0.717) is 22.3 Å². The molecule has 0 saturated heterocycles. The lowest BCUT2D eigenvalue weighted by Gasteiger charge is -2.12. The average molecular weight is 347 g/mol. The molecule has 2 aromatic carbocycles. The molecule has 0 saturated carbocycles. The molecule has 1 atom stereocenters. The van der Waals surface area contributed by atoms with Crippen molar-refractivity contribution in [1.82, 2.24) is 5.43 Å². The van der Waals surface area contributed by atoms with Crippen molar-refractivity contribution in [3.05, 3.63) is 53.1 Å². The molecule has 0 aromatic heterocycles. The Morgan fingerprint density at radius 2 is 2.00 bits per heavy atom. The number of amides is 1. The quantitative estimate of drug-likeness (QED) is 0.667. The maximum Gasteiger partial charge on any atom is 0.280 e. The Hall–Kier alpha value is -2.73. The van der Waals surface area contributed by atoms with Gasteiger partial charge < -0.3 is 14.2 Å². The predicted molar refractivity (Wildman–Crippen MR) is 89.8 cm³/mol. The molecular formula is C17H15ClN2O4. The summed E-state index contributed by atoms with van der Waals surface area (Å²) in [6, 6.07) is 12.2. The first-order valence-corrected chi connectivity index (χ1v) is 7.64. The van der Waals surface area contributed by atoms with Crippen LogP contribution in [0.4, 0.5) is 0 Å². The maximum atomic E-state index is 12.0. The number of fused-ring (bicyclic) bond motifs is 1. The van der Waals surface area contributed by atoms with Crippen LogP contribution in [0, 0.1) is 0 Å². The molecule has 0 spiro atoms. The molecule has 2 aromatic rings. The highest BCUT2D eigenvalue weighted by molar-refractivity contribution is 6.30. The molecule has 1 aliphatic heterocycles. The van der Waals surface area contributed by atoms with Crippen molar-refractivity contribution in [1.29, 1.82) is 0 Å². The fourth-order valence-electron chi connectivity index (χ4n) is 2.03. The van der Waals surface area contributed by atoms with E-state index >= 15 is 0 Å². The monoisotopic (exact) mass is 346 g/mol. The van der Waals surface area contributed by atoms with Crippen LogP contribution in [0.1, 0.15) is 12.5 Å². The first-order chi connectivity index (χ1) is 11.6. The van der Waals surface area contributed by atoms with Gasteiger partial charge in [0.2, 0.25) is 6.79 Å². The maximum absolute atomic E-state index is 12.0. The number of benzene rings is 2. The molecule has 0 radical (unpaired) electrons. The molecule has 124 valence electrons. The van der Waals surface area contributed by atoms with E-state index < -0.39 is 6.10 Å². The number of hydrazone groups is 1. The molecule has 7 heteroatoms. The van der Waals surface area contributed by atoms with Crippen LogP contribution < -0.4 is 19.6 Å². The lowest BCUT2D eigenvalue weighted by Crippen LogP contribution is -2.33. The largest absolute Gasteiger partial charge is 0.481 e. The van der Waals surface area contributed by atoms with E-state index in [1.54, 1.807) is 43.3 Å². The van der Waals surface area contributed by atoms with Gasteiger partial charge in [-0.15, -0.1) is 0 Å². The Balaban J connectivity index is 1.53. The third kappa shape index (κ3) is 3.97. The van der Waals surface area contributed by atoms with Crippen molar-refractivity contribution < 1.29 is 19.0 Å². The van der Waals surface area contributed by atoms with Crippen molar-refractivity contribution >= 4 is 23.7 Å². The van der Waals surface area contributed by atoms with E-state index in [1.165, 1.54) is 6.21 Å². The molecule has 0 unspecified atom stereocenters. The smallest absolute Gasteiger partial charge is 0.280 e. The molecule has 1 amide bonds. The normalized spacial score (nSPS) is 13.8. The zero-order valence-corrected chi connectivity index (χ0v) is 13.6. The first-order valence-electron chi connectivity index (χ1n) is 7.26. The number of rotatable bonds is 5. The Kier molecular flexibility index (Phi) is 4.86. The molecule has 0 bridgehead atoms. The number of ether oxygens (including phenoxy) is 3. The second kappa shape index (κ2) is 7.23. The summed E-state index contributed by atoms with van der Waals surface area (Å²) < 4.78 is 16.0. The van der Waals surface area contributed by atoms with E-state index in [2.05, 4.69) is 10.5 Å². The van der Waals surface area contributed by atoms with Crippen molar-refractivity contribution in [2.24, 2.45) is 5.10 Å². The number of hydrogen-bond acceptors (Lipinski definition) is 5. The van der Waals surface area contributed by atoms with E-state index in [0.717, 1.165) is 5.56 Å². The Bertz CT molecular complexity index is 762. The van der Waals surface area contributed by atoms with Crippen LogP contribution in [0.15, 0.2) is 47.6 Å². The highest BCUT2D eigenvalue weighted by Crippen LogP contribution is 2.31. The number of carbonyl (C=O) groups is 1. The van der Waals surface area contributed by atoms with E-state index in [4.69, 9.17) is 25.8 Å². The molecule has 1 N–H and O–H groups in total. The average Bonchev–Trinajstić information content (AvgIpc) is 3.04. The lowest BCUT2D eigenvalue weighted by atomic mass is 10.2. The third-order valence-corrected chi connectivity index (χ3v) is 3.53. The molecule has 6 nitrogen and oxygen atoms in total. The third-order valence-electron chi connectivity index (χ3n) is 3.28. The molecule has 0 fully saturated rings. The van der Waals surface area contributed by atoms with Crippen molar-refractivity contribution in [2.45, 2.75) is 13.0 Å². The minimum atomic E-state index is -0.694. The number of hydrogen-bond donors (Lipinski definition) is 1. The fraction of sp³-hybridized carbons (Fsp3) is 0.176. The summed E-state index contributed by atoms with van der Waals surface area (Å²) in [5.41, 5.74) is 3.22. The van der Waals surface area contributed by atoms with E-state index in [9.17, 15) is 4.79 Å². The first kappa shape index (κ1) is 16.1. The lowest BCUT2D eigenvalue weighted by molar-refractivity contribution is -0.127. The van der Waals surface area contributed by atoms with Gasteiger partial charge in [0.05, 0.1) is 6.21 Å². The molecular weight excluding hydrogens is 332 g/mol. The SMILES string of the molecule is C[C@H](Oc1ccc(Cl)cc1)C(=O)NN=Cc1ccc2c(c1)OCO2. The topological polar surface area (TPSA) is 69.2 Å². The van der Waals surface area contributed by atoms with Crippen LogP contribution >= 0.6 is 11.6 Å². The minimum absolute atomic E-state index is 0.215. The van der Waals surface area contributed by atoms with Gasteiger partial charge in [-0.1, -0.05) is 11.6 Å². The molecule has 0 aliphatic carbocycles. The van der Waals surface area contributed by atoms with Crippen molar-refractivity contribution in [3.8, 4) is 17.2 Å². The zero-order valence-electron chi connectivity index (χ0n) is 12.9. The van der Waals surface area contributed by atoms with Gasteiger partial charge in [0.15, 0.2) is 17.6 Å². The van der Waals surface area contributed by atoms with Crippen LogP contribution in [-0.2, 0) is 4.79 Å². The standard InChI is InChI=1S/C17H15ClN2O4/c1-11(24-14-5-3-13(18)4-6-14)17(21)20-19-9-12-2-7-15-16(8-12)23-10-22-15/h2-9,11H,10H2,1H3,(H,20,21)/t11-/m0/s1. The molecule has 1 heterocycles. The molecule has 24 heavy (non-hydrogen) atoms. The van der Waals surface area contributed by atoms with Gasteiger partial charge in [0, 0.05) is 5.02 Å². The summed E-state index contributed by atoms with van der Waals surface area (Å²) in [5, 5.41) is 4.53. The molecule has 3 rings (SSSR count). The highest BCUT2D eigenvalue weighted by atomic mass is 35.5. The van der Waals surface area contributed by atoms with E-state index in [-0.39, 0.29) is 12.7 Å². The molecule has 1 aliphatic rings. The van der Waals surface area contributed by atoms with Gasteiger partial charge in [-0.25, -0.2) is 5.43 Å². The van der Waals surface area contributed by atoms with Crippen LogP contribution in [0.3, 0.4) is 0 Å². The summed E-state index contributed by atoms with van der Waals surface area (Å²) >= 11 is 5.80. The summed E-state index contributed by atoms with van der Waals surface area (Å²) in [5.74, 6) is 1.55. The number of halogens is 1. The fourth-order valence-corrected chi connectivity index (χ4v) is 2.15. The Morgan fingerprint density at radius 1 is 1.25 bits per heavy atom. The number of carbonyl (C=O) groups excluding carboxylic acids is 1. The predicted octanol–water partition coefficient (Wildman–Crippen LogP) is 2.99. The van der Waals surface area contributed by atoms with E-state index in [1.807, 2.05) is 6.07 Å². The summed E-state index contributed by atoms with van der Waals surface area (Å²) in [7, 11) is 0. The zero-order chi connectivity index (χ0) is 16.9. The van der Waals surface area contributed by atoms with Crippen molar-refractivity contribution in [3.63, 3.8) is 0 Å². The Morgan fingerprint density at radius 3 is 2.79 bits per heavy atom. The van der Waals surface area contributed by atoms with Gasteiger partial charge in [-0.3, -0.25) is 4.79 Å². The number of nitrogens with one attached hydrogen (secondary N) is 1. The van der Waals surface area contributed by atoms with Gasteiger partial charge in [0.25, 0.3) is 5.91 Å². The van der Waals surface area contributed by atoms with Gasteiger partial charge in [-0.05, 0) is 55.0 Å². The number of nitrogens with zero attached hydrogens (tertiary/aromatic N) is 1. The van der Waals surface area contributed by atoms with Crippen molar-refractivity contribution in [2.75, 3.05) is 6.79 Å².